The summed E-state index contributed by atoms with van der Waals surface area (Å²) in [7, 11) is -2.20. The topological polar surface area (TPSA) is 67.4 Å². The molecule has 0 aliphatic rings. The first-order chi connectivity index (χ1) is 12.9. The lowest BCUT2D eigenvalue weighted by Crippen LogP contribution is -2.14. The minimum absolute atomic E-state index is 0.0440. The monoisotopic (exact) mass is 386 g/mol. The zero-order valence-electron chi connectivity index (χ0n) is 14.9. The van der Waals surface area contributed by atoms with E-state index < -0.39 is 15.8 Å². The lowest BCUT2D eigenvalue weighted by molar-refractivity contribution is 0.415. The number of methoxy groups -OCH3 is 1. The number of rotatable bonds is 6. The van der Waals surface area contributed by atoms with Gasteiger partial charge in [-0.15, -0.1) is 0 Å². The molecule has 0 heterocycles. The molecule has 0 bridgehead atoms. The molecule has 0 radical (unpaired) electrons. The van der Waals surface area contributed by atoms with Gasteiger partial charge in [0.05, 0.1) is 12.0 Å². The molecule has 0 aliphatic heterocycles. The molecule has 27 heavy (non-hydrogen) atoms. The normalized spacial score (nSPS) is 11.1. The highest BCUT2D eigenvalue weighted by Gasteiger charge is 2.17. The van der Waals surface area contributed by atoms with Gasteiger partial charge >= 0.3 is 0 Å². The average molecular weight is 386 g/mol. The zero-order valence-corrected chi connectivity index (χ0v) is 15.7. The van der Waals surface area contributed by atoms with Crippen LogP contribution in [0.3, 0.4) is 0 Å². The van der Waals surface area contributed by atoms with E-state index in [1.807, 2.05) is 24.3 Å². The quantitative estimate of drug-likeness (QED) is 0.645. The molecule has 0 spiro atoms. The Morgan fingerprint density at radius 1 is 0.889 bits per heavy atom. The van der Waals surface area contributed by atoms with Crippen LogP contribution in [0, 0.1) is 12.7 Å². The van der Waals surface area contributed by atoms with E-state index in [2.05, 4.69) is 10.0 Å². The smallest absolute Gasteiger partial charge is 0.262 e. The fourth-order valence-corrected chi connectivity index (χ4v) is 3.90. The maximum absolute atomic E-state index is 13.2. The summed E-state index contributed by atoms with van der Waals surface area (Å²) in [5, 5.41) is 3.22. The maximum atomic E-state index is 13.2. The van der Waals surface area contributed by atoms with Crippen molar-refractivity contribution in [1.82, 2.24) is 0 Å². The summed E-state index contributed by atoms with van der Waals surface area (Å²) in [6.07, 6.45) is 0. The van der Waals surface area contributed by atoms with Gasteiger partial charge in [0.2, 0.25) is 0 Å². The van der Waals surface area contributed by atoms with Crippen molar-refractivity contribution in [2.45, 2.75) is 11.8 Å². The Labute approximate surface area is 157 Å². The lowest BCUT2D eigenvalue weighted by atomic mass is 10.2. The second kappa shape index (κ2) is 7.67. The van der Waals surface area contributed by atoms with E-state index in [4.69, 9.17) is 4.74 Å². The van der Waals surface area contributed by atoms with Crippen LogP contribution >= 0.6 is 0 Å². The standard InChI is InChI=1S/C20H19FN2O3S/c1-14-12-15(21)6-11-20(14)27(24,25)23-17-9-7-16(8-10-17)22-18-4-3-5-19(13-18)26-2/h3-13,22-23H,1-2H3. The van der Waals surface area contributed by atoms with Crippen molar-refractivity contribution in [1.29, 1.82) is 0 Å². The highest BCUT2D eigenvalue weighted by molar-refractivity contribution is 7.92. The van der Waals surface area contributed by atoms with Crippen LogP contribution in [-0.2, 0) is 10.0 Å². The van der Waals surface area contributed by atoms with Crippen LogP contribution in [0.25, 0.3) is 0 Å². The zero-order chi connectivity index (χ0) is 19.4. The number of halogens is 1. The Morgan fingerprint density at radius 3 is 2.26 bits per heavy atom. The maximum Gasteiger partial charge on any atom is 0.262 e. The summed E-state index contributed by atoms with van der Waals surface area (Å²) in [6.45, 7) is 1.55. The van der Waals surface area contributed by atoms with Gasteiger partial charge in [0.15, 0.2) is 0 Å². The molecule has 140 valence electrons. The van der Waals surface area contributed by atoms with Crippen molar-refractivity contribution in [3.63, 3.8) is 0 Å². The van der Waals surface area contributed by atoms with Crippen molar-refractivity contribution >= 4 is 27.1 Å². The first-order valence-corrected chi connectivity index (χ1v) is 9.66. The molecule has 0 amide bonds. The molecular formula is C20H19FN2O3S. The molecule has 7 heteroatoms. The van der Waals surface area contributed by atoms with Crippen molar-refractivity contribution in [2.24, 2.45) is 0 Å². The highest BCUT2D eigenvalue weighted by Crippen LogP contribution is 2.24. The fraction of sp³-hybridized carbons (Fsp3) is 0.100. The van der Waals surface area contributed by atoms with Gasteiger partial charge in [-0.25, -0.2) is 12.8 Å². The van der Waals surface area contributed by atoms with Crippen LogP contribution in [-0.4, -0.2) is 15.5 Å². The van der Waals surface area contributed by atoms with Gasteiger partial charge in [-0.1, -0.05) is 6.07 Å². The third-order valence-corrected chi connectivity index (χ3v) is 5.46. The summed E-state index contributed by atoms with van der Waals surface area (Å²) in [4.78, 5) is 0.0440. The number of hydrogen-bond acceptors (Lipinski definition) is 4. The van der Waals surface area contributed by atoms with Crippen LogP contribution in [0.2, 0.25) is 0 Å². The number of aryl methyl sites for hydroxylation is 1. The van der Waals surface area contributed by atoms with Crippen molar-refractivity contribution in [3.8, 4) is 5.75 Å². The molecule has 0 unspecified atom stereocenters. The van der Waals surface area contributed by atoms with E-state index in [-0.39, 0.29) is 4.90 Å². The van der Waals surface area contributed by atoms with Crippen LogP contribution in [0.1, 0.15) is 5.56 Å². The second-order valence-electron chi connectivity index (χ2n) is 5.95. The molecule has 3 rings (SSSR count). The summed E-state index contributed by atoms with van der Waals surface area (Å²) in [6, 6.07) is 17.9. The van der Waals surface area contributed by atoms with Gasteiger partial charge in [-0.3, -0.25) is 4.72 Å². The van der Waals surface area contributed by atoms with E-state index in [1.54, 1.807) is 38.3 Å². The molecule has 2 N–H and O–H groups in total. The second-order valence-corrected chi connectivity index (χ2v) is 7.60. The molecule has 5 nitrogen and oxygen atoms in total. The summed E-state index contributed by atoms with van der Waals surface area (Å²) < 4.78 is 45.9. The predicted molar refractivity (Wildman–Crippen MR) is 105 cm³/mol. The van der Waals surface area contributed by atoms with E-state index in [0.29, 0.717) is 11.3 Å². The lowest BCUT2D eigenvalue weighted by Gasteiger charge is -2.12. The Kier molecular flexibility index (Phi) is 5.32. The first kappa shape index (κ1) is 18.7. The number of sulfonamides is 1. The molecular weight excluding hydrogens is 367 g/mol. The van der Waals surface area contributed by atoms with E-state index in [9.17, 15) is 12.8 Å². The Morgan fingerprint density at radius 2 is 1.59 bits per heavy atom. The third kappa shape index (κ3) is 4.57. The van der Waals surface area contributed by atoms with Gasteiger partial charge in [-0.2, -0.15) is 0 Å². The van der Waals surface area contributed by atoms with Crippen molar-refractivity contribution in [2.75, 3.05) is 17.1 Å². The number of hydrogen-bond donors (Lipinski definition) is 2. The SMILES string of the molecule is COc1cccc(Nc2ccc(NS(=O)(=O)c3ccc(F)cc3C)cc2)c1. The van der Waals surface area contributed by atoms with Crippen LogP contribution in [0.15, 0.2) is 71.6 Å². The van der Waals surface area contributed by atoms with E-state index in [1.165, 1.54) is 12.1 Å². The van der Waals surface area contributed by atoms with E-state index in [0.717, 1.165) is 23.2 Å². The van der Waals surface area contributed by atoms with Gasteiger partial charge in [-0.05, 0) is 67.1 Å². The summed E-state index contributed by atoms with van der Waals surface area (Å²) in [5.74, 6) is 0.262. The van der Waals surface area contributed by atoms with Crippen molar-refractivity contribution < 1.29 is 17.5 Å². The van der Waals surface area contributed by atoms with Gasteiger partial charge < -0.3 is 10.1 Å². The number of benzene rings is 3. The summed E-state index contributed by atoms with van der Waals surface area (Å²) >= 11 is 0. The largest absolute Gasteiger partial charge is 0.497 e. The third-order valence-electron chi connectivity index (χ3n) is 3.92. The molecule has 3 aromatic carbocycles. The van der Waals surface area contributed by atoms with Crippen molar-refractivity contribution in [3.05, 3.63) is 78.1 Å². The summed E-state index contributed by atoms with van der Waals surface area (Å²) in [5.41, 5.74) is 2.41. The molecule has 0 aliphatic carbocycles. The first-order valence-electron chi connectivity index (χ1n) is 8.17. The van der Waals surface area contributed by atoms with Gasteiger partial charge in [0.25, 0.3) is 10.0 Å². The molecule has 0 saturated carbocycles. The molecule has 3 aromatic rings. The van der Waals surface area contributed by atoms with Gasteiger partial charge in [0, 0.05) is 23.1 Å². The highest BCUT2D eigenvalue weighted by atomic mass is 32.2. The predicted octanol–water partition coefficient (Wildman–Crippen LogP) is 4.69. The minimum atomic E-state index is -3.80. The van der Waals surface area contributed by atoms with Crippen LogP contribution in [0.4, 0.5) is 21.5 Å². The fourth-order valence-electron chi connectivity index (χ4n) is 2.61. The Bertz CT molecular complexity index is 1050. The van der Waals surface area contributed by atoms with Crippen LogP contribution < -0.4 is 14.8 Å². The minimum Gasteiger partial charge on any atom is -0.497 e. The van der Waals surface area contributed by atoms with E-state index >= 15 is 0 Å². The molecule has 0 atom stereocenters. The van der Waals surface area contributed by atoms with Crippen LogP contribution in [0.5, 0.6) is 5.75 Å². The Hall–Kier alpha value is -3.06. The average Bonchev–Trinajstić information content (AvgIpc) is 2.63. The number of anilines is 3. The molecule has 0 aromatic heterocycles. The number of ether oxygens (including phenoxy) is 1. The molecule has 0 saturated heterocycles. The number of nitrogens with one attached hydrogen (secondary N) is 2. The van der Waals surface area contributed by atoms with Gasteiger partial charge in [0.1, 0.15) is 11.6 Å². The Balaban J connectivity index is 1.75. The molecule has 0 fully saturated rings.